The van der Waals surface area contributed by atoms with E-state index in [1.807, 2.05) is 31.2 Å². The van der Waals surface area contributed by atoms with E-state index in [1.54, 1.807) is 12.1 Å². The van der Waals surface area contributed by atoms with Crippen molar-refractivity contribution in [2.24, 2.45) is 0 Å². The first-order chi connectivity index (χ1) is 9.10. The average Bonchev–Trinajstić information content (AvgIpc) is 2.41. The SMILES string of the molecule is Cc1ccc(NC(C#N)c2ccc(Br)c(F)c2)cc1. The third-order valence-electron chi connectivity index (χ3n) is 2.77. The van der Waals surface area contributed by atoms with Crippen LogP contribution in [-0.2, 0) is 0 Å². The lowest BCUT2D eigenvalue weighted by Crippen LogP contribution is -2.08. The van der Waals surface area contributed by atoms with Gasteiger partial charge in [0.25, 0.3) is 0 Å². The van der Waals surface area contributed by atoms with Crippen molar-refractivity contribution >= 4 is 21.6 Å². The Morgan fingerprint density at radius 3 is 2.47 bits per heavy atom. The number of rotatable bonds is 3. The highest BCUT2D eigenvalue weighted by atomic mass is 79.9. The first kappa shape index (κ1) is 13.6. The number of halogens is 2. The summed E-state index contributed by atoms with van der Waals surface area (Å²) in [5.74, 6) is -0.372. The molecule has 0 fully saturated rings. The minimum absolute atomic E-state index is 0.372. The van der Waals surface area contributed by atoms with Crippen molar-refractivity contribution in [3.8, 4) is 6.07 Å². The molecule has 19 heavy (non-hydrogen) atoms. The fourth-order valence-electron chi connectivity index (χ4n) is 1.70. The molecule has 1 N–H and O–H groups in total. The van der Waals surface area contributed by atoms with Gasteiger partial charge < -0.3 is 5.32 Å². The van der Waals surface area contributed by atoms with Crippen LogP contribution in [0, 0.1) is 24.1 Å². The first-order valence-corrected chi connectivity index (χ1v) is 6.57. The van der Waals surface area contributed by atoms with Gasteiger partial charge in [-0.25, -0.2) is 4.39 Å². The van der Waals surface area contributed by atoms with Crippen molar-refractivity contribution in [1.82, 2.24) is 0 Å². The highest BCUT2D eigenvalue weighted by molar-refractivity contribution is 9.10. The molecule has 2 nitrogen and oxygen atoms in total. The van der Waals surface area contributed by atoms with E-state index < -0.39 is 6.04 Å². The molecule has 0 heterocycles. The summed E-state index contributed by atoms with van der Waals surface area (Å²) in [7, 11) is 0. The van der Waals surface area contributed by atoms with Crippen molar-refractivity contribution in [3.05, 3.63) is 63.9 Å². The Balaban J connectivity index is 2.23. The molecule has 0 radical (unpaired) electrons. The molecular formula is C15H12BrFN2. The predicted octanol–water partition coefficient (Wildman–Crippen LogP) is 4.57. The van der Waals surface area contributed by atoms with E-state index in [0.717, 1.165) is 11.3 Å². The minimum Gasteiger partial charge on any atom is -0.366 e. The van der Waals surface area contributed by atoms with E-state index in [1.165, 1.54) is 6.07 Å². The number of anilines is 1. The summed E-state index contributed by atoms with van der Waals surface area (Å²) in [6.07, 6.45) is 0. The van der Waals surface area contributed by atoms with Crippen molar-refractivity contribution in [2.45, 2.75) is 13.0 Å². The largest absolute Gasteiger partial charge is 0.366 e. The third kappa shape index (κ3) is 3.33. The van der Waals surface area contributed by atoms with Crippen LogP contribution >= 0.6 is 15.9 Å². The van der Waals surface area contributed by atoms with Gasteiger partial charge in [-0.15, -0.1) is 0 Å². The normalized spacial score (nSPS) is 11.7. The van der Waals surface area contributed by atoms with Gasteiger partial charge in [-0.1, -0.05) is 23.8 Å². The minimum atomic E-state index is -0.578. The topological polar surface area (TPSA) is 35.8 Å². The van der Waals surface area contributed by atoms with E-state index in [9.17, 15) is 9.65 Å². The average molecular weight is 319 g/mol. The molecule has 0 aromatic heterocycles. The zero-order chi connectivity index (χ0) is 13.8. The lowest BCUT2D eigenvalue weighted by atomic mass is 10.1. The molecule has 0 saturated heterocycles. The third-order valence-corrected chi connectivity index (χ3v) is 3.41. The maximum Gasteiger partial charge on any atom is 0.140 e. The molecule has 4 heteroatoms. The van der Waals surface area contributed by atoms with Crippen LogP contribution < -0.4 is 5.32 Å². The number of aryl methyl sites for hydroxylation is 1. The maximum atomic E-state index is 13.5. The summed E-state index contributed by atoms with van der Waals surface area (Å²) < 4.78 is 13.9. The summed E-state index contributed by atoms with van der Waals surface area (Å²) in [4.78, 5) is 0. The molecule has 2 aromatic rings. The quantitative estimate of drug-likeness (QED) is 0.899. The van der Waals surface area contributed by atoms with Gasteiger partial charge in [0.1, 0.15) is 11.9 Å². The van der Waals surface area contributed by atoms with Gasteiger partial charge in [0.15, 0.2) is 0 Å². The fourth-order valence-corrected chi connectivity index (χ4v) is 1.95. The van der Waals surface area contributed by atoms with E-state index in [4.69, 9.17) is 0 Å². The summed E-state index contributed by atoms with van der Waals surface area (Å²) >= 11 is 3.10. The van der Waals surface area contributed by atoms with Crippen molar-refractivity contribution in [3.63, 3.8) is 0 Å². The monoisotopic (exact) mass is 318 g/mol. The Morgan fingerprint density at radius 1 is 1.21 bits per heavy atom. The molecule has 0 spiro atoms. The van der Waals surface area contributed by atoms with Crippen LogP contribution in [0.4, 0.5) is 10.1 Å². The van der Waals surface area contributed by atoms with Crippen LogP contribution in [0.2, 0.25) is 0 Å². The Hall–Kier alpha value is -1.86. The van der Waals surface area contributed by atoms with Crippen LogP contribution in [0.15, 0.2) is 46.9 Å². The molecule has 0 aliphatic rings. The van der Waals surface area contributed by atoms with Gasteiger partial charge in [-0.05, 0) is 52.7 Å². The molecule has 0 saturated carbocycles. The highest BCUT2D eigenvalue weighted by Gasteiger charge is 2.12. The highest BCUT2D eigenvalue weighted by Crippen LogP contribution is 2.23. The maximum absolute atomic E-state index is 13.5. The summed E-state index contributed by atoms with van der Waals surface area (Å²) in [6, 6.07) is 14.0. The Bertz CT molecular complexity index is 617. The molecule has 2 aromatic carbocycles. The molecule has 0 bridgehead atoms. The van der Waals surface area contributed by atoms with Gasteiger partial charge in [0.05, 0.1) is 10.5 Å². The van der Waals surface area contributed by atoms with Crippen LogP contribution in [0.5, 0.6) is 0 Å². The van der Waals surface area contributed by atoms with Crippen molar-refractivity contribution < 1.29 is 4.39 Å². The first-order valence-electron chi connectivity index (χ1n) is 5.78. The number of nitrogens with one attached hydrogen (secondary N) is 1. The standard InChI is InChI=1S/C15H12BrFN2/c1-10-2-5-12(6-3-10)19-15(9-18)11-4-7-13(16)14(17)8-11/h2-8,15,19H,1H3. The predicted molar refractivity (Wildman–Crippen MR) is 77.3 cm³/mol. The molecule has 0 amide bonds. The lowest BCUT2D eigenvalue weighted by molar-refractivity contribution is 0.618. The number of nitriles is 1. The van der Waals surface area contributed by atoms with Crippen LogP contribution in [0.3, 0.4) is 0 Å². The molecule has 1 unspecified atom stereocenters. The van der Waals surface area contributed by atoms with Crippen molar-refractivity contribution in [2.75, 3.05) is 5.32 Å². The van der Waals surface area contributed by atoms with Crippen molar-refractivity contribution in [1.29, 1.82) is 5.26 Å². The van der Waals surface area contributed by atoms with Gasteiger partial charge in [0.2, 0.25) is 0 Å². The summed E-state index contributed by atoms with van der Waals surface area (Å²) in [6.45, 7) is 2.00. The Labute approximate surface area is 120 Å². The number of hydrogen-bond donors (Lipinski definition) is 1. The van der Waals surface area contributed by atoms with Gasteiger partial charge in [-0.3, -0.25) is 0 Å². The number of benzene rings is 2. The van der Waals surface area contributed by atoms with E-state index in [2.05, 4.69) is 27.3 Å². The van der Waals surface area contributed by atoms with E-state index in [0.29, 0.717) is 10.0 Å². The zero-order valence-corrected chi connectivity index (χ0v) is 11.9. The smallest absolute Gasteiger partial charge is 0.140 e. The van der Waals surface area contributed by atoms with E-state index in [-0.39, 0.29) is 5.82 Å². The zero-order valence-electron chi connectivity index (χ0n) is 10.3. The lowest BCUT2D eigenvalue weighted by Gasteiger charge is -2.14. The van der Waals surface area contributed by atoms with Gasteiger partial charge >= 0.3 is 0 Å². The van der Waals surface area contributed by atoms with Gasteiger partial charge in [-0.2, -0.15) is 5.26 Å². The Morgan fingerprint density at radius 2 is 1.89 bits per heavy atom. The van der Waals surface area contributed by atoms with Crippen LogP contribution in [0.25, 0.3) is 0 Å². The fraction of sp³-hybridized carbons (Fsp3) is 0.133. The second-order valence-corrected chi connectivity index (χ2v) is 5.10. The summed E-state index contributed by atoms with van der Waals surface area (Å²) in [5.41, 5.74) is 2.58. The molecule has 2 rings (SSSR count). The molecule has 1 atom stereocenters. The van der Waals surface area contributed by atoms with Gasteiger partial charge in [0, 0.05) is 5.69 Å². The molecule has 0 aliphatic carbocycles. The molecular weight excluding hydrogens is 307 g/mol. The number of hydrogen-bond acceptors (Lipinski definition) is 2. The van der Waals surface area contributed by atoms with Crippen LogP contribution in [-0.4, -0.2) is 0 Å². The molecule has 0 aliphatic heterocycles. The second kappa shape index (κ2) is 5.85. The van der Waals surface area contributed by atoms with E-state index >= 15 is 0 Å². The molecule has 96 valence electrons. The summed E-state index contributed by atoms with van der Waals surface area (Å²) in [5, 5.41) is 12.3. The second-order valence-electron chi connectivity index (χ2n) is 4.25. The van der Waals surface area contributed by atoms with Crippen LogP contribution in [0.1, 0.15) is 17.2 Å². The number of nitrogens with zero attached hydrogens (tertiary/aromatic N) is 1. The Kier molecular flexibility index (Phi) is 4.18.